The summed E-state index contributed by atoms with van der Waals surface area (Å²) in [5.41, 5.74) is 0.294. The van der Waals surface area contributed by atoms with E-state index in [1.807, 2.05) is 0 Å². The van der Waals surface area contributed by atoms with Crippen molar-refractivity contribution >= 4 is 26.0 Å². The van der Waals surface area contributed by atoms with E-state index < -0.39 is 15.8 Å². The molecule has 0 saturated heterocycles. The molecule has 0 fully saturated rings. The number of nitrogens with zero attached hydrogens (tertiary/aromatic N) is 1. The van der Waals surface area contributed by atoms with Crippen LogP contribution in [0.4, 0.5) is 4.39 Å². The summed E-state index contributed by atoms with van der Waals surface area (Å²) >= 11 is 3.20. The van der Waals surface area contributed by atoms with Gasteiger partial charge in [-0.25, -0.2) is 12.8 Å². The highest BCUT2D eigenvalue weighted by Crippen LogP contribution is 2.26. The van der Waals surface area contributed by atoms with Gasteiger partial charge in [0, 0.05) is 30.2 Å². The van der Waals surface area contributed by atoms with Crippen molar-refractivity contribution in [2.24, 2.45) is 0 Å². The molecule has 0 heterocycles. The van der Waals surface area contributed by atoms with E-state index in [0.29, 0.717) is 10.0 Å². The molecule has 4 nitrogen and oxygen atoms in total. The van der Waals surface area contributed by atoms with Crippen molar-refractivity contribution in [1.29, 1.82) is 0 Å². The van der Waals surface area contributed by atoms with Gasteiger partial charge in [0.2, 0.25) is 10.0 Å². The van der Waals surface area contributed by atoms with Crippen LogP contribution in [0, 0.1) is 5.82 Å². The lowest BCUT2D eigenvalue weighted by Gasteiger charge is -2.17. The molecule has 7 heteroatoms. The zero-order valence-electron chi connectivity index (χ0n) is 10.8. The SMILES string of the molecule is C=CCN(C)S(=O)(=O)c1cc(Br)cc(CNC)c1F. The normalized spacial score (nSPS) is 11.8. The van der Waals surface area contributed by atoms with Crippen molar-refractivity contribution in [3.05, 3.63) is 40.6 Å². The van der Waals surface area contributed by atoms with Gasteiger partial charge in [0.25, 0.3) is 0 Å². The van der Waals surface area contributed by atoms with E-state index in [0.717, 1.165) is 4.31 Å². The van der Waals surface area contributed by atoms with Gasteiger partial charge < -0.3 is 5.32 Å². The second-order valence-electron chi connectivity index (χ2n) is 3.98. The van der Waals surface area contributed by atoms with Gasteiger partial charge in [-0.3, -0.25) is 0 Å². The van der Waals surface area contributed by atoms with Crippen LogP contribution in [-0.4, -0.2) is 33.4 Å². The van der Waals surface area contributed by atoms with Crippen LogP contribution in [0.3, 0.4) is 0 Å². The second kappa shape index (κ2) is 6.60. The Morgan fingerprint density at radius 3 is 2.68 bits per heavy atom. The van der Waals surface area contributed by atoms with E-state index in [2.05, 4.69) is 27.8 Å². The molecule has 1 aromatic rings. The van der Waals surface area contributed by atoms with Gasteiger partial charge in [-0.2, -0.15) is 4.31 Å². The lowest BCUT2D eigenvalue weighted by molar-refractivity contribution is 0.486. The van der Waals surface area contributed by atoms with E-state index in [4.69, 9.17) is 0 Å². The summed E-state index contributed by atoms with van der Waals surface area (Å²) < 4.78 is 40.3. The Kier molecular flexibility index (Phi) is 5.66. The molecule has 1 N–H and O–H groups in total. The molecule has 0 bridgehead atoms. The van der Waals surface area contributed by atoms with E-state index >= 15 is 0 Å². The van der Waals surface area contributed by atoms with E-state index in [1.54, 1.807) is 13.1 Å². The van der Waals surface area contributed by atoms with Crippen molar-refractivity contribution in [2.45, 2.75) is 11.4 Å². The molecule has 0 amide bonds. The molecule has 1 aromatic carbocycles. The largest absolute Gasteiger partial charge is 0.316 e. The number of likely N-dealkylation sites (N-methyl/N-ethyl adjacent to an activating group) is 1. The summed E-state index contributed by atoms with van der Waals surface area (Å²) in [5.74, 6) is -0.728. The van der Waals surface area contributed by atoms with Crippen LogP contribution in [0.15, 0.2) is 34.2 Å². The number of benzene rings is 1. The Morgan fingerprint density at radius 1 is 1.53 bits per heavy atom. The Balaban J connectivity index is 3.38. The fraction of sp³-hybridized carbons (Fsp3) is 0.333. The zero-order chi connectivity index (χ0) is 14.6. The molecule has 0 aliphatic rings. The molecular formula is C12H16BrFN2O2S. The number of halogens is 2. The predicted octanol–water partition coefficient (Wildman–Crippen LogP) is 2.11. The first-order chi connectivity index (χ1) is 8.84. The van der Waals surface area contributed by atoms with Gasteiger partial charge >= 0.3 is 0 Å². The quantitative estimate of drug-likeness (QED) is 0.799. The van der Waals surface area contributed by atoms with E-state index in [-0.39, 0.29) is 18.0 Å². The average molecular weight is 351 g/mol. The van der Waals surface area contributed by atoms with Gasteiger partial charge in [-0.15, -0.1) is 6.58 Å². The maximum Gasteiger partial charge on any atom is 0.246 e. The minimum atomic E-state index is -3.87. The third kappa shape index (κ3) is 3.62. The molecule has 0 radical (unpaired) electrons. The zero-order valence-corrected chi connectivity index (χ0v) is 13.2. The summed E-state index contributed by atoms with van der Waals surface area (Å²) in [6, 6.07) is 2.82. The van der Waals surface area contributed by atoms with Crippen molar-refractivity contribution < 1.29 is 12.8 Å². The fourth-order valence-electron chi connectivity index (χ4n) is 1.57. The van der Waals surface area contributed by atoms with Crippen molar-refractivity contribution in [3.8, 4) is 0 Å². The highest BCUT2D eigenvalue weighted by atomic mass is 79.9. The van der Waals surface area contributed by atoms with E-state index in [9.17, 15) is 12.8 Å². The van der Waals surface area contributed by atoms with Gasteiger partial charge in [-0.1, -0.05) is 22.0 Å². The van der Waals surface area contributed by atoms with Crippen LogP contribution in [0.25, 0.3) is 0 Å². The fourth-order valence-corrected chi connectivity index (χ4v) is 3.50. The molecule has 0 saturated carbocycles. The minimum Gasteiger partial charge on any atom is -0.316 e. The monoisotopic (exact) mass is 350 g/mol. The molecule has 0 spiro atoms. The highest BCUT2D eigenvalue weighted by molar-refractivity contribution is 9.10. The van der Waals surface area contributed by atoms with E-state index in [1.165, 1.54) is 19.2 Å². The van der Waals surface area contributed by atoms with Crippen LogP contribution >= 0.6 is 15.9 Å². The number of rotatable bonds is 6. The predicted molar refractivity (Wildman–Crippen MR) is 76.9 cm³/mol. The smallest absolute Gasteiger partial charge is 0.246 e. The third-order valence-electron chi connectivity index (χ3n) is 2.52. The van der Waals surface area contributed by atoms with Crippen LogP contribution in [0.2, 0.25) is 0 Å². The number of nitrogens with one attached hydrogen (secondary N) is 1. The van der Waals surface area contributed by atoms with Crippen LogP contribution < -0.4 is 5.32 Å². The lowest BCUT2D eigenvalue weighted by atomic mass is 10.2. The number of hydrogen-bond acceptors (Lipinski definition) is 3. The van der Waals surface area contributed by atoms with Gasteiger partial charge in [-0.05, 0) is 19.2 Å². The van der Waals surface area contributed by atoms with Crippen LogP contribution in [0.5, 0.6) is 0 Å². The Labute approximate surface area is 121 Å². The summed E-state index contributed by atoms with van der Waals surface area (Å²) in [4.78, 5) is -0.337. The van der Waals surface area contributed by atoms with Crippen LogP contribution in [-0.2, 0) is 16.6 Å². The first-order valence-electron chi connectivity index (χ1n) is 5.54. The first kappa shape index (κ1) is 16.3. The lowest BCUT2D eigenvalue weighted by Crippen LogP contribution is -2.28. The maximum absolute atomic E-state index is 14.2. The maximum atomic E-state index is 14.2. The molecule has 106 valence electrons. The Hall–Kier alpha value is -0.760. The van der Waals surface area contributed by atoms with Crippen molar-refractivity contribution in [1.82, 2.24) is 9.62 Å². The van der Waals surface area contributed by atoms with Crippen LogP contribution in [0.1, 0.15) is 5.56 Å². The van der Waals surface area contributed by atoms with Crippen molar-refractivity contribution in [2.75, 3.05) is 20.6 Å². The van der Waals surface area contributed by atoms with Gasteiger partial charge in [0.15, 0.2) is 0 Å². The summed E-state index contributed by atoms with van der Waals surface area (Å²) in [5, 5.41) is 2.80. The van der Waals surface area contributed by atoms with Gasteiger partial charge in [0.05, 0.1) is 0 Å². The van der Waals surface area contributed by atoms with Gasteiger partial charge in [0.1, 0.15) is 10.7 Å². The molecule has 0 atom stereocenters. The number of hydrogen-bond donors (Lipinski definition) is 1. The summed E-state index contributed by atoms with van der Waals surface area (Å²) in [6.07, 6.45) is 1.45. The molecular weight excluding hydrogens is 335 g/mol. The highest BCUT2D eigenvalue weighted by Gasteiger charge is 2.25. The Bertz CT molecular complexity index is 575. The third-order valence-corrected chi connectivity index (χ3v) is 4.80. The molecule has 0 unspecified atom stereocenters. The molecule has 0 aromatic heterocycles. The minimum absolute atomic E-state index is 0.121. The summed E-state index contributed by atoms with van der Waals surface area (Å²) in [6.45, 7) is 3.85. The topological polar surface area (TPSA) is 49.4 Å². The molecule has 19 heavy (non-hydrogen) atoms. The summed E-state index contributed by atoms with van der Waals surface area (Å²) in [7, 11) is -0.817. The average Bonchev–Trinajstić information content (AvgIpc) is 2.33. The van der Waals surface area contributed by atoms with Crippen molar-refractivity contribution in [3.63, 3.8) is 0 Å². The molecule has 1 rings (SSSR count). The molecule has 0 aliphatic heterocycles. The standard InChI is InChI=1S/C12H16BrFN2O2S/c1-4-5-16(3)19(17,18)11-7-10(13)6-9(8-15-2)12(11)14/h4,6-7,15H,1,5,8H2,2-3H3. The Morgan fingerprint density at radius 2 is 2.16 bits per heavy atom. The first-order valence-corrected chi connectivity index (χ1v) is 7.77. The molecule has 0 aliphatic carbocycles. The second-order valence-corrected chi connectivity index (χ2v) is 6.91. The number of sulfonamides is 1.